The highest BCUT2D eigenvalue weighted by atomic mass is 79.9. The molecule has 1 atom stereocenters. The maximum Gasteiger partial charge on any atom is 0.309 e. The lowest BCUT2D eigenvalue weighted by Gasteiger charge is -2.55. The average Bonchev–Trinajstić information content (AvgIpc) is 2.79. The molecule has 3 aromatic carbocycles. The van der Waals surface area contributed by atoms with Crippen molar-refractivity contribution in [2.75, 3.05) is 0 Å². The van der Waals surface area contributed by atoms with Gasteiger partial charge in [0.05, 0.1) is 11.0 Å². The monoisotopic (exact) mass is 505 g/mol. The zero-order valence-electron chi connectivity index (χ0n) is 19.0. The van der Waals surface area contributed by atoms with E-state index >= 15 is 0 Å². The number of carbonyl (C=O) groups is 2. The van der Waals surface area contributed by atoms with E-state index in [0.717, 1.165) is 31.9 Å². The van der Waals surface area contributed by atoms with E-state index in [9.17, 15) is 14.7 Å². The quantitative estimate of drug-likeness (QED) is 0.412. The second kappa shape index (κ2) is 7.98. The molecule has 0 aliphatic heterocycles. The minimum Gasteiger partial charge on any atom is -0.481 e. The van der Waals surface area contributed by atoms with E-state index in [0.29, 0.717) is 37.7 Å². The minimum atomic E-state index is -0.683. The van der Waals surface area contributed by atoms with Gasteiger partial charge in [-0.05, 0) is 90.6 Å². The van der Waals surface area contributed by atoms with Gasteiger partial charge in [0.1, 0.15) is 0 Å². The SMILES string of the molecule is Cc1c(-c2ccccc2)cc2ccc(Br)cc2c1C(=O)NC12CCC(C(=O)O)(CC1)C(C)C2. The average molecular weight is 506 g/mol. The Kier molecular flexibility index (Phi) is 5.36. The number of rotatable bonds is 4. The maximum absolute atomic E-state index is 13.9. The molecule has 170 valence electrons. The number of amides is 1. The Labute approximate surface area is 202 Å². The van der Waals surface area contributed by atoms with Crippen molar-refractivity contribution in [1.29, 1.82) is 0 Å². The van der Waals surface area contributed by atoms with Crippen molar-refractivity contribution in [3.8, 4) is 11.1 Å². The van der Waals surface area contributed by atoms with Crippen LogP contribution in [0.2, 0.25) is 0 Å². The van der Waals surface area contributed by atoms with Crippen LogP contribution >= 0.6 is 15.9 Å². The molecule has 3 aliphatic carbocycles. The number of nitrogens with one attached hydrogen (secondary N) is 1. The molecule has 0 radical (unpaired) electrons. The van der Waals surface area contributed by atoms with Gasteiger partial charge < -0.3 is 10.4 Å². The van der Waals surface area contributed by atoms with Gasteiger partial charge in [0.2, 0.25) is 0 Å². The summed E-state index contributed by atoms with van der Waals surface area (Å²) in [6.07, 6.45) is 3.39. The molecule has 0 heterocycles. The Bertz CT molecular complexity index is 1260. The lowest BCUT2D eigenvalue weighted by atomic mass is 9.52. The molecule has 5 heteroatoms. The summed E-state index contributed by atoms with van der Waals surface area (Å²) < 4.78 is 0.935. The molecule has 3 aliphatic rings. The van der Waals surface area contributed by atoms with E-state index < -0.39 is 11.4 Å². The number of hydrogen-bond donors (Lipinski definition) is 2. The molecule has 2 N–H and O–H groups in total. The molecule has 33 heavy (non-hydrogen) atoms. The number of halogens is 1. The Morgan fingerprint density at radius 3 is 2.36 bits per heavy atom. The van der Waals surface area contributed by atoms with Crippen LogP contribution in [0, 0.1) is 18.3 Å². The van der Waals surface area contributed by atoms with E-state index in [4.69, 9.17) is 0 Å². The summed E-state index contributed by atoms with van der Waals surface area (Å²) in [6.45, 7) is 4.05. The normalized spacial score (nSPS) is 26.3. The van der Waals surface area contributed by atoms with Gasteiger partial charge in [0.15, 0.2) is 0 Å². The van der Waals surface area contributed by atoms with Crippen LogP contribution in [0.4, 0.5) is 0 Å². The van der Waals surface area contributed by atoms with Crippen molar-refractivity contribution in [3.63, 3.8) is 0 Å². The second-order valence-corrected chi connectivity index (χ2v) is 10.9. The third-order valence-corrected chi connectivity index (χ3v) is 8.71. The Balaban J connectivity index is 1.57. The van der Waals surface area contributed by atoms with Crippen molar-refractivity contribution in [2.45, 2.75) is 51.5 Å². The molecule has 4 nitrogen and oxygen atoms in total. The molecule has 0 spiro atoms. The highest BCUT2D eigenvalue weighted by Gasteiger charge is 2.57. The Hall–Kier alpha value is -2.66. The summed E-state index contributed by atoms with van der Waals surface area (Å²) in [5.74, 6) is -0.706. The summed E-state index contributed by atoms with van der Waals surface area (Å²) in [5, 5.41) is 15.2. The lowest BCUT2D eigenvalue weighted by molar-refractivity contribution is -0.162. The third-order valence-electron chi connectivity index (χ3n) is 8.22. The summed E-state index contributed by atoms with van der Waals surface area (Å²) >= 11 is 3.57. The van der Waals surface area contributed by atoms with E-state index in [1.54, 1.807) is 0 Å². The standard InChI is InChI=1S/C28H28BrNO3/c1-17-16-27(10-12-28(17,13-11-27)26(32)33)30-25(31)24-18(2)22(19-6-4-3-5-7-19)14-20-8-9-21(29)15-23(20)24/h3-9,14-15,17H,10-13,16H2,1-2H3,(H,30,31)(H,32,33). The van der Waals surface area contributed by atoms with Crippen LogP contribution in [-0.4, -0.2) is 22.5 Å². The first-order valence-corrected chi connectivity index (χ1v) is 12.4. The highest BCUT2D eigenvalue weighted by Crippen LogP contribution is 2.55. The predicted molar refractivity (Wildman–Crippen MR) is 134 cm³/mol. The summed E-state index contributed by atoms with van der Waals surface area (Å²) in [7, 11) is 0. The summed E-state index contributed by atoms with van der Waals surface area (Å²) in [6, 6.07) is 18.4. The summed E-state index contributed by atoms with van der Waals surface area (Å²) in [4.78, 5) is 25.9. The van der Waals surface area contributed by atoms with Crippen LogP contribution in [-0.2, 0) is 4.79 Å². The van der Waals surface area contributed by atoms with E-state index in [1.165, 1.54) is 0 Å². The van der Waals surface area contributed by atoms with Crippen LogP contribution in [0.15, 0.2) is 59.1 Å². The minimum absolute atomic E-state index is 0.0421. The van der Waals surface area contributed by atoms with Crippen LogP contribution < -0.4 is 5.32 Å². The number of hydrogen-bond acceptors (Lipinski definition) is 2. The molecule has 1 amide bonds. The first-order valence-electron chi connectivity index (χ1n) is 11.6. The fraction of sp³-hybridized carbons (Fsp3) is 0.357. The lowest BCUT2D eigenvalue weighted by Crippen LogP contribution is -2.61. The highest BCUT2D eigenvalue weighted by molar-refractivity contribution is 9.10. The number of aliphatic carboxylic acids is 1. The fourth-order valence-corrected chi connectivity index (χ4v) is 6.60. The molecule has 2 bridgehead atoms. The second-order valence-electron chi connectivity index (χ2n) is 9.96. The molecule has 6 rings (SSSR count). The van der Waals surface area contributed by atoms with Crippen molar-refractivity contribution in [3.05, 3.63) is 70.2 Å². The third kappa shape index (κ3) is 3.57. The van der Waals surface area contributed by atoms with Crippen LogP contribution in [0.25, 0.3) is 21.9 Å². The van der Waals surface area contributed by atoms with Gasteiger partial charge in [-0.3, -0.25) is 9.59 Å². The van der Waals surface area contributed by atoms with Gasteiger partial charge >= 0.3 is 5.97 Å². The number of fused-ring (bicyclic) bond motifs is 4. The number of benzene rings is 3. The molecule has 1 unspecified atom stereocenters. The molecular formula is C28H28BrNO3. The van der Waals surface area contributed by atoms with Crippen molar-refractivity contribution in [2.24, 2.45) is 11.3 Å². The molecule has 0 aromatic heterocycles. The number of carboxylic acids is 1. The summed E-state index contributed by atoms with van der Waals surface area (Å²) in [5.41, 5.74) is 2.84. The topological polar surface area (TPSA) is 66.4 Å². The zero-order chi connectivity index (χ0) is 23.4. The maximum atomic E-state index is 13.9. The van der Waals surface area contributed by atoms with Crippen molar-refractivity contribution < 1.29 is 14.7 Å². The molecular weight excluding hydrogens is 478 g/mol. The van der Waals surface area contributed by atoms with Gasteiger partial charge in [0, 0.05) is 10.0 Å². The van der Waals surface area contributed by atoms with E-state index in [2.05, 4.69) is 39.4 Å². The molecule has 0 saturated heterocycles. The van der Waals surface area contributed by atoms with Crippen LogP contribution in [0.5, 0.6) is 0 Å². The van der Waals surface area contributed by atoms with Crippen molar-refractivity contribution >= 4 is 38.6 Å². The first kappa shape index (κ1) is 22.1. The largest absolute Gasteiger partial charge is 0.481 e. The smallest absolute Gasteiger partial charge is 0.309 e. The van der Waals surface area contributed by atoms with E-state index in [-0.39, 0.29) is 17.4 Å². The first-order chi connectivity index (χ1) is 15.7. The Morgan fingerprint density at radius 1 is 1.03 bits per heavy atom. The van der Waals surface area contributed by atoms with Gasteiger partial charge in [-0.1, -0.05) is 59.3 Å². The van der Waals surface area contributed by atoms with Gasteiger partial charge in [-0.2, -0.15) is 0 Å². The zero-order valence-corrected chi connectivity index (χ0v) is 20.5. The molecule has 3 fully saturated rings. The Morgan fingerprint density at radius 2 is 1.73 bits per heavy atom. The fourth-order valence-electron chi connectivity index (χ4n) is 6.24. The van der Waals surface area contributed by atoms with Gasteiger partial charge in [-0.25, -0.2) is 0 Å². The van der Waals surface area contributed by atoms with Crippen LogP contribution in [0.3, 0.4) is 0 Å². The molecule has 3 aromatic rings. The van der Waals surface area contributed by atoms with Crippen LogP contribution in [0.1, 0.15) is 54.9 Å². The molecule has 3 saturated carbocycles. The van der Waals surface area contributed by atoms with Gasteiger partial charge in [0.25, 0.3) is 5.91 Å². The number of carboxylic acid groups (broad SMARTS) is 1. The van der Waals surface area contributed by atoms with Crippen molar-refractivity contribution in [1.82, 2.24) is 5.32 Å². The van der Waals surface area contributed by atoms with E-state index in [1.807, 2.05) is 50.2 Å². The predicted octanol–water partition coefficient (Wildman–Crippen LogP) is 6.73. The number of carbonyl (C=O) groups excluding carboxylic acids is 1. The van der Waals surface area contributed by atoms with Gasteiger partial charge in [-0.15, -0.1) is 0 Å².